The number of para-hydroxylation sites is 1. The highest BCUT2D eigenvalue weighted by atomic mass is 16.5. The van der Waals surface area contributed by atoms with Crippen molar-refractivity contribution in [2.24, 2.45) is 5.92 Å². The number of rotatable bonds is 7. The van der Waals surface area contributed by atoms with Crippen LogP contribution in [0, 0.1) is 5.92 Å². The maximum atomic E-state index is 13.6. The van der Waals surface area contributed by atoms with Crippen molar-refractivity contribution in [3.8, 4) is 5.75 Å². The molecule has 40 heavy (non-hydrogen) atoms. The largest absolute Gasteiger partial charge is 0.491 e. The summed E-state index contributed by atoms with van der Waals surface area (Å²) in [4.78, 5) is 55.2. The molecule has 1 fully saturated rings. The van der Waals surface area contributed by atoms with E-state index in [2.05, 4.69) is 16.0 Å². The Morgan fingerprint density at radius 3 is 2.58 bits per heavy atom. The highest BCUT2D eigenvalue weighted by Gasteiger charge is 2.36. The standard InChI is InChI=1S/C31H40N4O5/c1-21(2)18-26-31(39)35-17-9-13-23(35)20-40-27-15-7-6-14-24(27)29(37)34-25(19-28(36)33-26)30(38)32-16-8-12-22-10-4-3-5-11-22/h3-7,10-11,14-15,21,23,25-26H,8-9,12-13,16-20H2,1-2H3,(H,32,38)(H,33,36)(H,34,37)/t23-,25+,26+/m1/s1. The van der Waals surface area contributed by atoms with E-state index in [0.29, 0.717) is 31.7 Å². The van der Waals surface area contributed by atoms with Crippen molar-refractivity contribution in [3.63, 3.8) is 0 Å². The summed E-state index contributed by atoms with van der Waals surface area (Å²) >= 11 is 0. The smallest absolute Gasteiger partial charge is 0.255 e. The number of fused-ring (bicyclic) bond motifs is 2. The van der Waals surface area contributed by atoms with Gasteiger partial charge in [0.2, 0.25) is 17.7 Å². The summed E-state index contributed by atoms with van der Waals surface area (Å²) < 4.78 is 6.08. The molecule has 3 atom stereocenters. The number of nitrogens with zero attached hydrogens (tertiary/aromatic N) is 1. The Hall–Kier alpha value is -3.88. The lowest BCUT2D eigenvalue weighted by Gasteiger charge is -2.31. The Bertz CT molecular complexity index is 1190. The van der Waals surface area contributed by atoms with E-state index in [0.717, 1.165) is 19.3 Å². The van der Waals surface area contributed by atoms with E-state index in [9.17, 15) is 19.2 Å². The van der Waals surface area contributed by atoms with Gasteiger partial charge in [0.25, 0.3) is 5.91 Å². The van der Waals surface area contributed by atoms with E-state index in [-0.39, 0.29) is 36.5 Å². The molecule has 214 valence electrons. The average molecular weight is 549 g/mol. The first kappa shape index (κ1) is 29.1. The van der Waals surface area contributed by atoms with E-state index in [1.54, 1.807) is 29.2 Å². The van der Waals surface area contributed by atoms with Crippen molar-refractivity contribution in [1.29, 1.82) is 0 Å². The molecule has 2 heterocycles. The van der Waals surface area contributed by atoms with E-state index >= 15 is 0 Å². The Morgan fingerprint density at radius 2 is 1.80 bits per heavy atom. The minimum Gasteiger partial charge on any atom is -0.491 e. The number of carbonyl (C=O) groups excluding carboxylic acids is 4. The predicted molar refractivity (Wildman–Crippen MR) is 152 cm³/mol. The second-order valence-corrected chi connectivity index (χ2v) is 11.0. The molecule has 0 radical (unpaired) electrons. The molecule has 2 aromatic rings. The van der Waals surface area contributed by atoms with Crippen LogP contribution in [0.4, 0.5) is 0 Å². The number of amides is 4. The second kappa shape index (κ2) is 14.0. The van der Waals surface area contributed by atoms with Gasteiger partial charge in [-0.1, -0.05) is 56.3 Å². The van der Waals surface area contributed by atoms with Gasteiger partial charge in [-0.15, -0.1) is 0 Å². The van der Waals surface area contributed by atoms with Crippen LogP contribution in [0.3, 0.4) is 0 Å². The number of carbonyl (C=O) groups is 4. The Balaban J connectivity index is 1.53. The van der Waals surface area contributed by atoms with Crippen LogP contribution < -0.4 is 20.7 Å². The average Bonchev–Trinajstić information content (AvgIpc) is 3.41. The van der Waals surface area contributed by atoms with E-state index in [4.69, 9.17) is 4.74 Å². The van der Waals surface area contributed by atoms with Crippen LogP contribution in [0.25, 0.3) is 0 Å². The summed E-state index contributed by atoms with van der Waals surface area (Å²) in [6.45, 7) is 5.22. The molecule has 1 saturated heterocycles. The number of hydrogen-bond acceptors (Lipinski definition) is 5. The molecule has 0 aliphatic carbocycles. The van der Waals surface area contributed by atoms with Crippen LogP contribution in [-0.2, 0) is 20.8 Å². The van der Waals surface area contributed by atoms with Crippen LogP contribution >= 0.6 is 0 Å². The molecule has 2 aliphatic rings. The van der Waals surface area contributed by atoms with Gasteiger partial charge in [0, 0.05) is 13.1 Å². The molecule has 0 saturated carbocycles. The van der Waals surface area contributed by atoms with E-state index < -0.39 is 29.8 Å². The first-order chi connectivity index (χ1) is 19.3. The van der Waals surface area contributed by atoms with Crippen LogP contribution in [-0.4, -0.2) is 66.4 Å². The molecule has 9 nitrogen and oxygen atoms in total. The molecule has 0 unspecified atom stereocenters. The first-order valence-electron chi connectivity index (χ1n) is 14.3. The Labute approximate surface area is 236 Å². The molecule has 0 aromatic heterocycles. The van der Waals surface area contributed by atoms with Crippen molar-refractivity contribution in [3.05, 3.63) is 65.7 Å². The van der Waals surface area contributed by atoms with Gasteiger partial charge in [0.15, 0.2) is 0 Å². The van der Waals surface area contributed by atoms with Gasteiger partial charge < -0.3 is 25.6 Å². The molecular formula is C31H40N4O5. The van der Waals surface area contributed by atoms with Gasteiger partial charge in [-0.05, 0) is 55.7 Å². The van der Waals surface area contributed by atoms with Crippen LogP contribution in [0.15, 0.2) is 54.6 Å². The third kappa shape index (κ3) is 7.83. The summed E-state index contributed by atoms with van der Waals surface area (Å²) in [5.74, 6) is -0.996. The maximum Gasteiger partial charge on any atom is 0.255 e. The monoisotopic (exact) mass is 548 g/mol. The quantitative estimate of drug-likeness (QED) is 0.460. The fourth-order valence-corrected chi connectivity index (χ4v) is 5.31. The van der Waals surface area contributed by atoms with Crippen LogP contribution in [0.2, 0.25) is 0 Å². The molecule has 4 rings (SSSR count). The zero-order valence-electron chi connectivity index (χ0n) is 23.4. The van der Waals surface area contributed by atoms with Crippen molar-refractivity contribution >= 4 is 23.6 Å². The fourth-order valence-electron chi connectivity index (χ4n) is 5.31. The van der Waals surface area contributed by atoms with E-state index in [1.807, 2.05) is 44.2 Å². The molecule has 2 aliphatic heterocycles. The van der Waals surface area contributed by atoms with E-state index in [1.165, 1.54) is 5.56 Å². The highest BCUT2D eigenvalue weighted by molar-refractivity contribution is 6.01. The summed E-state index contributed by atoms with van der Waals surface area (Å²) in [6, 6.07) is 14.8. The van der Waals surface area contributed by atoms with Crippen molar-refractivity contribution in [2.45, 2.75) is 70.5 Å². The molecule has 9 heteroatoms. The van der Waals surface area contributed by atoms with Gasteiger partial charge in [0.05, 0.1) is 18.0 Å². The van der Waals surface area contributed by atoms with Gasteiger partial charge in [0.1, 0.15) is 24.4 Å². The minimum absolute atomic E-state index is 0.135. The zero-order chi connectivity index (χ0) is 28.5. The fraction of sp³-hybridized carbons (Fsp3) is 0.484. The Kier molecular flexibility index (Phi) is 10.2. The number of hydrogen-bond donors (Lipinski definition) is 3. The maximum absolute atomic E-state index is 13.6. The van der Waals surface area contributed by atoms with Gasteiger partial charge in [-0.3, -0.25) is 19.2 Å². The van der Waals surface area contributed by atoms with Crippen molar-refractivity contribution < 1.29 is 23.9 Å². The van der Waals surface area contributed by atoms with Gasteiger partial charge in [-0.25, -0.2) is 0 Å². The lowest BCUT2D eigenvalue weighted by Crippen LogP contribution is -2.54. The molecular weight excluding hydrogens is 508 g/mol. The number of aryl methyl sites for hydroxylation is 1. The molecule has 2 aromatic carbocycles. The van der Waals surface area contributed by atoms with Gasteiger partial charge in [-0.2, -0.15) is 0 Å². The molecule has 0 bridgehead atoms. The zero-order valence-corrected chi connectivity index (χ0v) is 23.4. The van der Waals surface area contributed by atoms with Crippen molar-refractivity contribution in [1.82, 2.24) is 20.9 Å². The number of nitrogens with one attached hydrogen (secondary N) is 3. The highest BCUT2D eigenvalue weighted by Crippen LogP contribution is 2.24. The summed E-state index contributed by atoms with van der Waals surface area (Å²) in [5, 5.41) is 8.48. The topological polar surface area (TPSA) is 117 Å². The first-order valence-corrected chi connectivity index (χ1v) is 14.3. The summed E-state index contributed by atoms with van der Waals surface area (Å²) in [6.07, 6.45) is 3.32. The summed E-state index contributed by atoms with van der Waals surface area (Å²) in [5.41, 5.74) is 1.44. The molecule has 3 N–H and O–H groups in total. The second-order valence-electron chi connectivity index (χ2n) is 11.0. The van der Waals surface area contributed by atoms with Gasteiger partial charge >= 0.3 is 0 Å². The third-order valence-corrected chi connectivity index (χ3v) is 7.36. The van der Waals surface area contributed by atoms with Crippen molar-refractivity contribution in [2.75, 3.05) is 19.7 Å². The lowest BCUT2D eigenvalue weighted by molar-refractivity contribution is -0.138. The Morgan fingerprint density at radius 1 is 1.05 bits per heavy atom. The predicted octanol–water partition coefficient (Wildman–Crippen LogP) is 2.84. The minimum atomic E-state index is -1.12. The number of ether oxygens (including phenoxy) is 1. The summed E-state index contributed by atoms with van der Waals surface area (Å²) in [7, 11) is 0. The lowest BCUT2D eigenvalue weighted by atomic mass is 10.0. The molecule has 4 amide bonds. The molecule has 0 spiro atoms. The SMILES string of the molecule is CC(C)C[C@@H]1NC(=O)C[C@@H](C(=O)NCCCc2ccccc2)NC(=O)c2ccccc2OC[C@H]2CCCN2C1=O. The van der Waals surface area contributed by atoms with Crippen LogP contribution in [0.5, 0.6) is 5.75 Å². The van der Waals surface area contributed by atoms with Crippen LogP contribution in [0.1, 0.15) is 61.9 Å². The normalized spacial score (nSPS) is 21.9. The number of benzene rings is 2. The third-order valence-electron chi connectivity index (χ3n) is 7.36.